The van der Waals surface area contributed by atoms with Crippen LogP contribution in [0.25, 0.3) is 0 Å². The normalized spacial score (nSPS) is 27.0. The molecule has 0 bridgehead atoms. The summed E-state index contributed by atoms with van der Waals surface area (Å²) in [6, 6.07) is 3.98. The molecule has 3 rings (SSSR count). The zero-order valence-corrected chi connectivity index (χ0v) is 10.7. The minimum atomic E-state index is -0.947. The van der Waals surface area contributed by atoms with Gasteiger partial charge in [-0.05, 0) is 44.1 Å². The number of rotatable bonds is 2. The largest absolute Gasteiger partial charge is 0.388 e. The van der Waals surface area contributed by atoms with Crippen LogP contribution in [0.3, 0.4) is 0 Å². The van der Waals surface area contributed by atoms with Gasteiger partial charge in [-0.1, -0.05) is 12.1 Å². The maximum atomic E-state index is 13.7. The van der Waals surface area contributed by atoms with Gasteiger partial charge in [-0.15, -0.1) is 0 Å². The van der Waals surface area contributed by atoms with Gasteiger partial charge in [-0.3, -0.25) is 0 Å². The Bertz CT molecular complexity index is 471. The molecule has 0 aromatic heterocycles. The molecular weight excluding hydrogens is 250 g/mol. The van der Waals surface area contributed by atoms with Crippen molar-refractivity contribution in [1.29, 1.82) is 0 Å². The van der Waals surface area contributed by atoms with Crippen LogP contribution in [0.1, 0.15) is 43.8 Å². The van der Waals surface area contributed by atoms with E-state index in [0.717, 1.165) is 31.7 Å². The molecule has 2 aliphatic rings. The average molecular weight is 268 g/mol. The Kier molecular flexibility index (Phi) is 3.31. The van der Waals surface area contributed by atoms with Gasteiger partial charge in [0.1, 0.15) is 0 Å². The maximum Gasteiger partial charge on any atom is 0.164 e. The standard InChI is InChI=1S/C15H18F2O2/c16-12-4-1-3-11(13(12)17)14(18)10-5-8-19-15(9-10)6-2-7-15/h1,3-4,10,14,18H,2,5-9H2. The molecule has 1 N–H and O–H groups in total. The Morgan fingerprint density at radius 2 is 2.11 bits per heavy atom. The Balaban J connectivity index is 1.79. The summed E-state index contributed by atoms with van der Waals surface area (Å²) < 4.78 is 32.7. The van der Waals surface area contributed by atoms with Crippen molar-refractivity contribution in [3.63, 3.8) is 0 Å². The van der Waals surface area contributed by atoms with Crippen LogP contribution in [-0.4, -0.2) is 17.3 Å². The SMILES string of the molecule is OC(c1cccc(F)c1F)C1CCOC2(CCC2)C1. The lowest BCUT2D eigenvalue weighted by Gasteiger charge is -2.48. The molecule has 4 heteroatoms. The van der Waals surface area contributed by atoms with Gasteiger partial charge in [0.25, 0.3) is 0 Å². The summed E-state index contributed by atoms with van der Waals surface area (Å²) in [5.41, 5.74) is -0.0328. The fourth-order valence-electron chi connectivity index (χ4n) is 3.26. The molecule has 104 valence electrons. The molecule has 1 spiro atoms. The van der Waals surface area contributed by atoms with Crippen molar-refractivity contribution in [2.24, 2.45) is 5.92 Å². The molecule has 1 heterocycles. The van der Waals surface area contributed by atoms with Gasteiger partial charge < -0.3 is 9.84 Å². The lowest BCUT2D eigenvalue weighted by atomic mass is 9.70. The van der Waals surface area contributed by atoms with Crippen LogP contribution in [0.2, 0.25) is 0 Å². The van der Waals surface area contributed by atoms with Gasteiger partial charge >= 0.3 is 0 Å². The highest BCUT2D eigenvalue weighted by molar-refractivity contribution is 5.22. The van der Waals surface area contributed by atoms with E-state index >= 15 is 0 Å². The van der Waals surface area contributed by atoms with Gasteiger partial charge in [0.05, 0.1) is 11.7 Å². The molecule has 1 aromatic carbocycles. The van der Waals surface area contributed by atoms with Crippen LogP contribution in [-0.2, 0) is 4.74 Å². The van der Waals surface area contributed by atoms with Crippen molar-refractivity contribution in [2.45, 2.75) is 43.8 Å². The predicted molar refractivity (Wildman–Crippen MR) is 66.6 cm³/mol. The Hall–Kier alpha value is -1.00. The van der Waals surface area contributed by atoms with Crippen LogP contribution in [0.15, 0.2) is 18.2 Å². The fraction of sp³-hybridized carbons (Fsp3) is 0.600. The number of ether oxygens (including phenoxy) is 1. The van der Waals surface area contributed by atoms with Crippen LogP contribution >= 0.6 is 0 Å². The molecule has 0 radical (unpaired) electrons. The number of halogens is 2. The number of aliphatic hydroxyl groups is 1. The molecule has 2 nitrogen and oxygen atoms in total. The highest BCUT2D eigenvalue weighted by Gasteiger charge is 2.44. The molecular formula is C15H18F2O2. The van der Waals surface area contributed by atoms with Crippen molar-refractivity contribution in [1.82, 2.24) is 0 Å². The average Bonchev–Trinajstić information content (AvgIpc) is 2.39. The molecule has 19 heavy (non-hydrogen) atoms. The maximum absolute atomic E-state index is 13.7. The van der Waals surface area contributed by atoms with Crippen molar-refractivity contribution in [3.05, 3.63) is 35.4 Å². The van der Waals surface area contributed by atoms with Crippen LogP contribution < -0.4 is 0 Å². The van der Waals surface area contributed by atoms with E-state index < -0.39 is 17.7 Å². The van der Waals surface area contributed by atoms with E-state index in [2.05, 4.69) is 0 Å². The van der Waals surface area contributed by atoms with Gasteiger partial charge in [0.15, 0.2) is 11.6 Å². The summed E-state index contributed by atoms with van der Waals surface area (Å²) in [7, 11) is 0. The highest BCUT2D eigenvalue weighted by Crippen LogP contribution is 2.47. The highest BCUT2D eigenvalue weighted by atomic mass is 19.2. The van der Waals surface area contributed by atoms with Crippen LogP contribution in [0.5, 0.6) is 0 Å². The first kappa shape index (κ1) is 13.0. The number of hydrogen-bond acceptors (Lipinski definition) is 2. The summed E-state index contributed by atoms with van der Waals surface area (Å²) in [4.78, 5) is 0. The summed E-state index contributed by atoms with van der Waals surface area (Å²) in [6.07, 6.45) is 3.67. The smallest absolute Gasteiger partial charge is 0.164 e. The van der Waals surface area contributed by atoms with Gasteiger partial charge in [0.2, 0.25) is 0 Å². The van der Waals surface area contributed by atoms with E-state index in [-0.39, 0.29) is 17.1 Å². The van der Waals surface area contributed by atoms with E-state index in [4.69, 9.17) is 4.74 Å². The van der Waals surface area contributed by atoms with E-state index in [1.807, 2.05) is 0 Å². The van der Waals surface area contributed by atoms with Crippen molar-refractivity contribution in [2.75, 3.05) is 6.61 Å². The number of hydrogen-bond donors (Lipinski definition) is 1. The molecule has 1 saturated heterocycles. The van der Waals surface area contributed by atoms with E-state index in [1.165, 1.54) is 12.1 Å². The minimum Gasteiger partial charge on any atom is -0.388 e. The fourth-order valence-corrected chi connectivity index (χ4v) is 3.26. The molecule has 1 aliphatic heterocycles. The van der Waals surface area contributed by atoms with E-state index in [1.54, 1.807) is 0 Å². The minimum absolute atomic E-state index is 0.0506. The Morgan fingerprint density at radius 3 is 2.79 bits per heavy atom. The van der Waals surface area contributed by atoms with Gasteiger partial charge in [-0.25, -0.2) is 8.78 Å². The first-order chi connectivity index (χ1) is 9.11. The predicted octanol–water partition coefficient (Wildman–Crippen LogP) is 3.35. The summed E-state index contributed by atoms with van der Waals surface area (Å²) in [5, 5.41) is 10.3. The second-order valence-corrected chi connectivity index (χ2v) is 5.73. The monoisotopic (exact) mass is 268 g/mol. The van der Waals surface area contributed by atoms with Crippen LogP contribution in [0.4, 0.5) is 8.78 Å². The number of aliphatic hydroxyl groups excluding tert-OH is 1. The zero-order valence-electron chi connectivity index (χ0n) is 10.7. The molecule has 2 fully saturated rings. The molecule has 1 aliphatic carbocycles. The van der Waals surface area contributed by atoms with Gasteiger partial charge in [0, 0.05) is 12.2 Å². The van der Waals surface area contributed by atoms with E-state index in [0.29, 0.717) is 13.0 Å². The van der Waals surface area contributed by atoms with Crippen LogP contribution in [0, 0.1) is 17.6 Å². The van der Waals surface area contributed by atoms with E-state index in [9.17, 15) is 13.9 Å². The lowest BCUT2D eigenvalue weighted by molar-refractivity contribution is -0.157. The molecule has 2 unspecified atom stereocenters. The Morgan fingerprint density at radius 1 is 1.32 bits per heavy atom. The molecule has 2 atom stereocenters. The summed E-state index contributed by atoms with van der Waals surface area (Å²) >= 11 is 0. The Labute approximate surface area is 111 Å². The number of benzene rings is 1. The second-order valence-electron chi connectivity index (χ2n) is 5.73. The molecule has 1 saturated carbocycles. The third-order valence-electron chi connectivity index (χ3n) is 4.54. The van der Waals surface area contributed by atoms with Crippen molar-refractivity contribution < 1.29 is 18.6 Å². The summed E-state index contributed by atoms with van der Waals surface area (Å²) in [5.74, 6) is -1.88. The zero-order chi connectivity index (χ0) is 13.5. The topological polar surface area (TPSA) is 29.5 Å². The van der Waals surface area contributed by atoms with Crippen molar-refractivity contribution in [3.8, 4) is 0 Å². The lowest BCUT2D eigenvalue weighted by Crippen LogP contribution is -2.46. The summed E-state index contributed by atoms with van der Waals surface area (Å²) in [6.45, 7) is 0.596. The first-order valence-electron chi connectivity index (χ1n) is 6.87. The third kappa shape index (κ3) is 2.28. The first-order valence-corrected chi connectivity index (χ1v) is 6.87. The third-order valence-corrected chi connectivity index (χ3v) is 4.54. The quantitative estimate of drug-likeness (QED) is 0.891. The van der Waals surface area contributed by atoms with Crippen molar-refractivity contribution >= 4 is 0 Å². The molecule has 0 amide bonds. The van der Waals surface area contributed by atoms with Gasteiger partial charge in [-0.2, -0.15) is 0 Å². The second kappa shape index (κ2) is 4.84. The molecule has 1 aromatic rings.